The van der Waals surface area contributed by atoms with Crippen LogP contribution in [0.15, 0.2) is 0 Å². The molecule has 5 heteroatoms. The second-order valence-electron chi connectivity index (χ2n) is 5.21. The number of likely N-dealkylation sites (tertiary alicyclic amines) is 1. The molecular formula is C13H25N3OS. The fourth-order valence-corrected chi connectivity index (χ4v) is 3.59. The summed E-state index contributed by atoms with van der Waals surface area (Å²) in [4.78, 5) is 14.6. The van der Waals surface area contributed by atoms with Gasteiger partial charge in [-0.15, -0.1) is 0 Å². The van der Waals surface area contributed by atoms with Gasteiger partial charge < -0.3 is 15.5 Å². The third-order valence-corrected chi connectivity index (χ3v) is 4.77. The van der Waals surface area contributed by atoms with Crippen LogP contribution in [0, 0.1) is 0 Å². The van der Waals surface area contributed by atoms with E-state index in [4.69, 9.17) is 0 Å². The van der Waals surface area contributed by atoms with E-state index in [1.54, 1.807) is 0 Å². The molecule has 4 nitrogen and oxygen atoms in total. The molecule has 18 heavy (non-hydrogen) atoms. The van der Waals surface area contributed by atoms with Crippen molar-refractivity contribution >= 4 is 17.7 Å². The van der Waals surface area contributed by atoms with E-state index < -0.39 is 0 Å². The number of nitrogens with zero attached hydrogens (tertiary/aromatic N) is 1. The van der Waals surface area contributed by atoms with Crippen LogP contribution < -0.4 is 10.6 Å². The maximum absolute atomic E-state index is 12.1. The monoisotopic (exact) mass is 271 g/mol. The van der Waals surface area contributed by atoms with Crippen molar-refractivity contribution in [2.24, 2.45) is 0 Å². The summed E-state index contributed by atoms with van der Waals surface area (Å²) in [5.74, 6) is 2.25. The zero-order chi connectivity index (χ0) is 12.8. The summed E-state index contributed by atoms with van der Waals surface area (Å²) in [6.45, 7) is 6.64. The van der Waals surface area contributed by atoms with Gasteiger partial charge in [0.05, 0.1) is 6.04 Å². The van der Waals surface area contributed by atoms with Crippen LogP contribution in [0.25, 0.3) is 0 Å². The van der Waals surface area contributed by atoms with E-state index in [1.165, 1.54) is 13.0 Å². The van der Waals surface area contributed by atoms with E-state index in [1.807, 2.05) is 11.8 Å². The Morgan fingerprint density at radius 2 is 2.22 bits per heavy atom. The Hall–Kier alpha value is -0.260. The van der Waals surface area contributed by atoms with Crippen molar-refractivity contribution in [3.8, 4) is 0 Å². The van der Waals surface area contributed by atoms with Crippen LogP contribution in [0.3, 0.4) is 0 Å². The van der Waals surface area contributed by atoms with Crippen molar-refractivity contribution in [2.45, 2.75) is 38.3 Å². The van der Waals surface area contributed by atoms with Crippen LogP contribution >= 0.6 is 11.8 Å². The van der Waals surface area contributed by atoms with E-state index in [0.717, 1.165) is 44.0 Å². The number of nitrogens with one attached hydrogen (secondary N) is 2. The molecule has 2 aliphatic heterocycles. The molecule has 2 N–H and O–H groups in total. The molecule has 0 aromatic carbocycles. The van der Waals surface area contributed by atoms with E-state index in [-0.39, 0.29) is 11.9 Å². The van der Waals surface area contributed by atoms with Crippen LogP contribution in [0.4, 0.5) is 0 Å². The zero-order valence-corrected chi connectivity index (χ0v) is 12.1. The molecule has 1 unspecified atom stereocenters. The van der Waals surface area contributed by atoms with Crippen molar-refractivity contribution in [2.75, 3.05) is 37.7 Å². The van der Waals surface area contributed by atoms with Gasteiger partial charge in [0, 0.05) is 37.2 Å². The topological polar surface area (TPSA) is 44.4 Å². The highest BCUT2D eigenvalue weighted by molar-refractivity contribution is 7.99. The summed E-state index contributed by atoms with van der Waals surface area (Å²) in [5.41, 5.74) is 0. The molecule has 2 saturated heterocycles. The minimum absolute atomic E-state index is 0.0254. The lowest BCUT2D eigenvalue weighted by Crippen LogP contribution is -2.53. The fourth-order valence-electron chi connectivity index (χ4n) is 2.65. The average Bonchev–Trinajstić information content (AvgIpc) is 2.42. The van der Waals surface area contributed by atoms with Crippen LogP contribution in [0.1, 0.15) is 26.2 Å². The van der Waals surface area contributed by atoms with Gasteiger partial charge in [-0.1, -0.05) is 6.92 Å². The molecule has 1 amide bonds. The van der Waals surface area contributed by atoms with Gasteiger partial charge in [0.15, 0.2) is 0 Å². The minimum Gasteiger partial charge on any atom is -0.352 e. The lowest BCUT2D eigenvalue weighted by molar-refractivity contribution is -0.123. The van der Waals surface area contributed by atoms with Crippen LogP contribution in [0.5, 0.6) is 0 Å². The third-order valence-electron chi connectivity index (χ3n) is 3.71. The molecular weight excluding hydrogens is 246 g/mol. The SMILES string of the molecule is CCCN1CCC(NC(=O)C2CSCCN2)CC1. The second kappa shape index (κ2) is 7.36. The molecule has 2 fully saturated rings. The molecule has 0 saturated carbocycles. The molecule has 0 bridgehead atoms. The van der Waals surface area contributed by atoms with Gasteiger partial charge in [0.25, 0.3) is 0 Å². The summed E-state index contributed by atoms with van der Waals surface area (Å²) >= 11 is 1.87. The summed E-state index contributed by atoms with van der Waals surface area (Å²) in [6, 6.07) is 0.414. The largest absolute Gasteiger partial charge is 0.352 e. The minimum atomic E-state index is 0.0254. The lowest BCUT2D eigenvalue weighted by Gasteiger charge is -2.33. The number of rotatable bonds is 4. The van der Waals surface area contributed by atoms with E-state index >= 15 is 0 Å². The van der Waals surface area contributed by atoms with Gasteiger partial charge >= 0.3 is 0 Å². The molecule has 0 aromatic rings. The highest BCUT2D eigenvalue weighted by Crippen LogP contribution is 2.12. The molecule has 1 atom stereocenters. The zero-order valence-electron chi connectivity index (χ0n) is 11.3. The summed E-state index contributed by atoms with van der Waals surface area (Å²) in [6.07, 6.45) is 3.43. The molecule has 2 aliphatic rings. The van der Waals surface area contributed by atoms with Gasteiger partial charge in [-0.3, -0.25) is 4.79 Å². The Kier molecular flexibility index (Phi) is 5.79. The standard InChI is InChI=1S/C13H25N3OS/c1-2-6-16-7-3-11(4-8-16)15-13(17)12-10-18-9-5-14-12/h11-12,14H,2-10H2,1H3,(H,15,17). The number of carbonyl (C=O) groups is 1. The first-order valence-corrected chi connectivity index (χ1v) is 8.29. The molecule has 2 rings (SSSR count). The van der Waals surface area contributed by atoms with Gasteiger partial charge in [-0.25, -0.2) is 0 Å². The van der Waals surface area contributed by atoms with Crippen LogP contribution in [0.2, 0.25) is 0 Å². The van der Waals surface area contributed by atoms with Gasteiger partial charge in [0.1, 0.15) is 0 Å². The van der Waals surface area contributed by atoms with Gasteiger partial charge in [-0.2, -0.15) is 11.8 Å². The quantitative estimate of drug-likeness (QED) is 0.789. The van der Waals surface area contributed by atoms with Crippen molar-refractivity contribution in [1.82, 2.24) is 15.5 Å². The Labute approximate surface area is 114 Å². The van der Waals surface area contributed by atoms with E-state index in [9.17, 15) is 4.79 Å². The Morgan fingerprint density at radius 3 is 2.83 bits per heavy atom. The normalized spacial score (nSPS) is 27.1. The summed E-state index contributed by atoms with van der Waals surface area (Å²) in [7, 11) is 0. The Balaban J connectivity index is 1.68. The Morgan fingerprint density at radius 1 is 1.44 bits per heavy atom. The predicted octanol–water partition coefficient (Wildman–Crippen LogP) is 0.682. The predicted molar refractivity (Wildman–Crippen MR) is 77.0 cm³/mol. The second-order valence-corrected chi connectivity index (χ2v) is 6.36. The van der Waals surface area contributed by atoms with E-state index in [0.29, 0.717) is 6.04 Å². The number of thioether (sulfide) groups is 1. The number of piperidine rings is 1. The van der Waals surface area contributed by atoms with Crippen molar-refractivity contribution in [1.29, 1.82) is 0 Å². The van der Waals surface area contributed by atoms with Crippen molar-refractivity contribution in [3.63, 3.8) is 0 Å². The maximum Gasteiger partial charge on any atom is 0.238 e. The first-order valence-electron chi connectivity index (χ1n) is 7.13. The maximum atomic E-state index is 12.1. The molecule has 0 aliphatic carbocycles. The van der Waals surface area contributed by atoms with Crippen molar-refractivity contribution in [3.05, 3.63) is 0 Å². The molecule has 0 spiro atoms. The summed E-state index contributed by atoms with van der Waals surface area (Å²) < 4.78 is 0. The first-order chi connectivity index (χ1) is 8.79. The van der Waals surface area contributed by atoms with Gasteiger partial charge in [-0.05, 0) is 25.8 Å². The molecule has 0 radical (unpaired) electrons. The van der Waals surface area contributed by atoms with E-state index in [2.05, 4.69) is 22.5 Å². The van der Waals surface area contributed by atoms with Crippen LogP contribution in [-0.4, -0.2) is 60.6 Å². The highest BCUT2D eigenvalue weighted by Gasteiger charge is 2.25. The third kappa shape index (κ3) is 4.14. The number of amides is 1. The highest BCUT2D eigenvalue weighted by atomic mass is 32.2. The van der Waals surface area contributed by atoms with Crippen LogP contribution in [-0.2, 0) is 4.79 Å². The van der Waals surface area contributed by atoms with Crippen molar-refractivity contribution < 1.29 is 4.79 Å². The summed E-state index contributed by atoms with van der Waals surface area (Å²) in [5, 5.41) is 6.50. The number of hydrogen-bond acceptors (Lipinski definition) is 4. The molecule has 104 valence electrons. The average molecular weight is 271 g/mol. The molecule has 0 aromatic heterocycles. The molecule has 2 heterocycles. The first kappa shape index (κ1) is 14.2. The number of hydrogen-bond donors (Lipinski definition) is 2. The fraction of sp³-hybridized carbons (Fsp3) is 0.923. The Bertz CT molecular complexity index is 261. The smallest absolute Gasteiger partial charge is 0.238 e. The van der Waals surface area contributed by atoms with Gasteiger partial charge in [0.2, 0.25) is 5.91 Å². The lowest BCUT2D eigenvalue weighted by atomic mass is 10.0. The number of carbonyl (C=O) groups excluding carboxylic acids is 1.